The van der Waals surface area contributed by atoms with Crippen molar-refractivity contribution < 1.29 is 4.79 Å². The van der Waals surface area contributed by atoms with Crippen molar-refractivity contribution in [1.82, 2.24) is 30.3 Å². The zero-order chi connectivity index (χ0) is 28.8. The predicted molar refractivity (Wildman–Crippen MR) is 167 cm³/mol. The van der Waals surface area contributed by atoms with Crippen LogP contribution in [0.5, 0.6) is 0 Å². The molecule has 1 saturated carbocycles. The van der Waals surface area contributed by atoms with E-state index in [4.69, 9.17) is 11.6 Å². The quantitative estimate of drug-likeness (QED) is 0.330. The van der Waals surface area contributed by atoms with Gasteiger partial charge in [0.25, 0.3) is 0 Å². The third kappa shape index (κ3) is 7.24. The number of carbonyl (C=O) groups excluding carboxylic acids is 1. The van der Waals surface area contributed by atoms with Crippen LogP contribution >= 0.6 is 11.6 Å². The van der Waals surface area contributed by atoms with Crippen molar-refractivity contribution in [2.24, 2.45) is 11.3 Å². The lowest BCUT2D eigenvalue weighted by molar-refractivity contribution is -0.124. The first-order valence-corrected chi connectivity index (χ1v) is 16.3. The molecule has 2 aromatic carbocycles. The van der Waals surface area contributed by atoms with E-state index >= 15 is 0 Å². The third-order valence-corrected chi connectivity index (χ3v) is 10.5. The van der Waals surface area contributed by atoms with Crippen LogP contribution in [0.25, 0.3) is 0 Å². The van der Waals surface area contributed by atoms with Gasteiger partial charge in [0.2, 0.25) is 5.91 Å². The monoisotopic (exact) mass is 588 g/mol. The molecular formula is C34H45ClN6O. The van der Waals surface area contributed by atoms with Crippen LogP contribution in [0.3, 0.4) is 0 Å². The lowest BCUT2D eigenvalue weighted by atomic mass is 9.63. The number of likely N-dealkylation sites (tertiary alicyclic amines) is 1. The number of halogens is 1. The number of rotatable bonds is 10. The molecule has 2 fully saturated rings. The standard InChI is InChI=1S/C34H45ClN6O/c35-30-12-10-26(11-13-30)20-31(39-33(42)32-21-27-6-4-5-7-28(27)22-37-32)14-17-40-18-15-34(16-19-40,23-41-25-36-24-38-41)29-8-2-1-3-9-29/h4-7,10-13,24-25,29,31-32,37H,1-3,8-9,14-23H2,(H,39,42)/t31-,32?/m1/s1. The number of amides is 1. The largest absolute Gasteiger partial charge is 0.352 e. The maximum absolute atomic E-state index is 13.5. The smallest absolute Gasteiger partial charge is 0.237 e. The lowest BCUT2D eigenvalue weighted by Crippen LogP contribution is -2.52. The van der Waals surface area contributed by atoms with Gasteiger partial charge in [-0.05, 0) is 98.2 Å². The molecule has 3 aliphatic rings. The average molecular weight is 589 g/mol. The Kier molecular flexibility index (Phi) is 9.57. The van der Waals surface area contributed by atoms with Gasteiger partial charge in [-0.25, -0.2) is 4.98 Å². The molecule has 7 nitrogen and oxygen atoms in total. The zero-order valence-electron chi connectivity index (χ0n) is 24.7. The molecule has 2 aliphatic heterocycles. The fourth-order valence-electron chi connectivity index (χ4n) is 7.68. The lowest BCUT2D eigenvalue weighted by Gasteiger charge is -2.48. The van der Waals surface area contributed by atoms with E-state index in [0.29, 0.717) is 5.41 Å². The van der Waals surface area contributed by atoms with E-state index < -0.39 is 0 Å². The van der Waals surface area contributed by atoms with E-state index in [1.54, 1.807) is 6.33 Å². The van der Waals surface area contributed by atoms with Gasteiger partial charge in [-0.2, -0.15) is 5.10 Å². The number of hydrogen-bond donors (Lipinski definition) is 2. The van der Waals surface area contributed by atoms with Gasteiger partial charge in [-0.3, -0.25) is 9.48 Å². The highest BCUT2D eigenvalue weighted by Crippen LogP contribution is 2.47. The highest BCUT2D eigenvalue weighted by atomic mass is 35.5. The van der Waals surface area contributed by atoms with Crippen molar-refractivity contribution in [2.45, 2.75) is 89.4 Å². The maximum Gasteiger partial charge on any atom is 0.237 e. The topological polar surface area (TPSA) is 75.1 Å². The van der Waals surface area contributed by atoms with Gasteiger partial charge in [0, 0.05) is 30.7 Å². The molecular weight excluding hydrogens is 544 g/mol. The number of nitrogens with one attached hydrogen (secondary N) is 2. The summed E-state index contributed by atoms with van der Waals surface area (Å²) >= 11 is 6.17. The first kappa shape index (κ1) is 29.3. The summed E-state index contributed by atoms with van der Waals surface area (Å²) in [5.41, 5.74) is 4.07. The Morgan fingerprint density at radius 3 is 2.55 bits per heavy atom. The Bertz CT molecular complexity index is 1280. The number of piperidine rings is 1. The second kappa shape index (κ2) is 13.7. The number of aromatic nitrogens is 3. The Hall–Kier alpha value is -2.74. The molecule has 1 saturated heterocycles. The molecule has 6 rings (SSSR count). The van der Waals surface area contributed by atoms with Gasteiger partial charge in [0.05, 0.1) is 6.04 Å². The number of hydrogen-bond acceptors (Lipinski definition) is 5. The first-order valence-electron chi connectivity index (χ1n) is 16.0. The van der Waals surface area contributed by atoms with Crippen molar-refractivity contribution in [2.75, 3.05) is 19.6 Å². The van der Waals surface area contributed by atoms with Crippen LogP contribution in [0.4, 0.5) is 0 Å². The summed E-state index contributed by atoms with van der Waals surface area (Å²) in [4.78, 5) is 20.4. The van der Waals surface area contributed by atoms with Crippen molar-refractivity contribution >= 4 is 17.5 Å². The minimum atomic E-state index is -0.199. The molecule has 1 unspecified atom stereocenters. The van der Waals surface area contributed by atoms with Crippen LogP contribution < -0.4 is 10.6 Å². The average Bonchev–Trinajstić information content (AvgIpc) is 3.54. The van der Waals surface area contributed by atoms with E-state index in [1.807, 2.05) is 18.5 Å². The number of benzene rings is 2. The van der Waals surface area contributed by atoms with Crippen molar-refractivity contribution in [3.63, 3.8) is 0 Å². The molecule has 0 spiro atoms. The highest BCUT2D eigenvalue weighted by molar-refractivity contribution is 6.30. The van der Waals surface area contributed by atoms with E-state index in [2.05, 4.69) is 66.7 Å². The van der Waals surface area contributed by atoms with E-state index in [9.17, 15) is 4.79 Å². The van der Waals surface area contributed by atoms with Gasteiger partial charge in [0.15, 0.2) is 0 Å². The van der Waals surface area contributed by atoms with Crippen LogP contribution in [0.2, 0.25) is 5.02 Å². The second-order valence-corrected chi connectivity index (χ2v) is 13.3. The first-order chi connectivity index (χ1) is 20.6. The zero-order valence-corrected chi connectivity index (χ0v) is 25.4. The molecule has 42 heavy (non-hydrogen) atoms. The molecule has 1 amide bonds. The minimum absolute atomic E-state index is 0.0674. The minimum Gasteiger partial charge on any atom is -0.352 e. The summed E-state index contributed by atoms with van der Waals surface area (Å²) in [5.74, 6) is 0.883. The van der Waals surface area contributed by atoms with Gasteiger partial charge < -0.3 is 15.5 Å². The number of fused-ring (bicyclic) bond motifs is 1. The molecule has 8 heteroatoms. The van der Waals surface area contributed by atoms with Gasteiger partial charge in [0.1, 0.15) is 12.7 Å². The fraction of sp³-hybridized carbons (Fsp3) is 0.559. The van der Waals surface area contributed by atoms with Crippen LogP contribution in [0, 0.1) is 11.3 Å². The van der Waals surface area contributed by atoms with E-state index in [-0.39, 0.29) is 18.0 Å². The van der Waals surface area contributed by atoms with Gasteiger partial charge in [-0.15, -0.1) is 0 Å². The Morgan fingerprint density at radius 2 is 1.81 bits per heavy atom. The molecule has 2 atom stereocenters. The fourth-order valence-corrected chi connectivity index (χ4v) is 7.81. The summed E-state index contributed by atoms with van der Waals surface area (Å²) in [6.45, 7) is 4.92. The maximum atomic E-state index is 13.5. The summed E-state index contributed by atoms with van der Waals surface area (Å²) in [5, 5.41) is 12.1. The molecule has 1 aliphatic carbocycles. The normalized spacial score (nSPS) is 21.9. The summed E-state index contributed by atoms with van der Waals surface area (Å²) < 4.78 is 2.07. The molecule has 224 valence electrons. The van der Waals surface area contributed by atoms with Gasteiger partial charge >= 0.3 is 0 Å². The van der Waals surface area contributed by atoms with Crippen molar-refractivity contribution in [3.8, 4) is 0 Å². The Morgan fingerprint density at radius 1 is 1.05 bits per heavy atom. The SMILES string of the molecule is O=C(N[C@H](CCN1CCC(Cn2cncn2)(C2CCCCC2)CC1)Cc1ccc(Cl)cc1)C1Cc2ccccc2CN1. The number of carbonyl (C=O) groups is 1. The predicted octanol–water partition coefficient (Wildman–Crippen LogP) is 5.43. The Balaban J connectivity index is 1.08. The molecule has 3 heterocycles. The summed E-state index contributed by atoms with van der Waals surface area (Å²) in [6, 6.07) is 16.4. The van der Waals surface area contributed by atoms with Gasteiger partial charge in [-0.1, -0.05) is 67.3 Å². The molecule has 0 bridgehead atoms. The van der Waals surface area contributed by atoms with Crippen molar-refractivity contribution in [3.05, 3.63) is 82.9 Å². The molecule has 2 N–H and O–H groups in total. The van der Waals surface area contributed by atoms with Crippen LogP contribution in [-0.2, 0) is 30.7 Å². The third-order valence-electron chi connectivity index (χ3n) is 10.2. The van der Waals surface area contributed by atoms with Crippen molar-refractivity contribution in [1.29, 1.82) is 0 Å². The summed E-state index contributed by atoms with van der Waals surface area (Å²) in [7, 11) is 0. The number of nitrogens with zero attached hydrogens (tertiary/aromatic N) is 4. The van der Waals surface area contributed by atoms with Crippen LogP contribution in [0.1, 0.15) is 68.1 Å². The van der Waals surface area contributed by atoms with Crippen LogP contribution in [-0.4, -0.2) is 57.3 Å². The molecule has 3 aromatic rings. The molecule has 1 aromatic heterocycles. The van der Waals surface area contributed by atoms with E-state index in [1.165, 1.54) is 61.6 Å². The summed E-state index contributed by atoms with van der Waals surface area (Å²) in [6.07, 6.45) is 15.2. The molecule has 0 radical (unpaired) electrons. The Labute approximate surface area is 255 Å². The second-order valence-electron chi connectivity index (χ2n) is 12.9. The highest BCUT2D eigenvalue weighted by Gasteiger charge is 2.42. The van der Waals surface area contributed by atoms with Crippen LogP contribution in [0.15, 0.2) is 61.2 Å². The van der Waals surface area contributed by atoms with E-state index in [0.717, 1.165) is 62.9 Å².